The first kappa shape index (κ1) is 16.5. The number of carbonyl (C=O) groups excluding carboxylic acids is 2. The minimum absolute atomic E-state index is 0.0438. The summed E-state index contributed by atoms with van der Waals surface area (Å²) in [5.41, 5.74) is 0. The van der Waals surface area contributed by atoms with E-state index in [1.54, 1.807) is 13.1 Å². The first-order chi connectivity index (χ1) is 10.7. The molecule has 2 heterocycles. The van der Waals surface area contributed by atoms with E-state index in [4.69, 9.17) is 4.74 Å². The van der Waals surface area contributed by atoms with E-state index in [9.17, 15) is 9.59 Å². The van der Waals surface area contributed by atoms with Gasteiger partial charge in [-0.15, -0.1) is 0 Å². The average molecular weight is 308 g/mol. The molecule has 1 aromatic heterocycles. The van der Waals surface area contributed by atoms with Crippen LogP contribution < -0.4 is 0 Å². The van der Waals surface area contributed by atoms with E-state index >= 15 is 0 Å². The maximum Gasteiger partial charge on any atom is 0.306 e. The van der Waals surface area contributed by atoms with Crippen LogP contribution >= 0.6 is 0 Å². The predicted octanol–water partition coefficient (Wildman–Crippen LogP) is 0.371. The van der Waals surface area contributed by atoms with Crippen LogP contribution in [-0.2, 0) is 20.9 Å². The van der Waals surface area contributed by atoms with Gasteiger partial charge in [-0.2, -0.15) is 0 Å². The van der Waals surface area contributed by atoms with Gasteiger partial charge < -0.3 is 14.2 Å². The Morgan fingerprint density at radius 2 is 1.91 bits per heavy atom. The Morgan fingerprint density at radius 3 is 2.55 bits per heavy atom. The highest BCUT2D eigenvalue weighted by Gasteiger charge is 2.21. The van der Waals surface area contributed by atoms with Crippen LogP contribution in [0.5, 0.6) is 0 Å². The van der Waals surface area contributed by atoms with E-state index in [2.05, 4.69) is 14.5 Å². The lowest BCUT2D eigenvalue weighted by atomic mass is 10.2. The van der Waals surface area contributed by atoms with Gasteiger partial charge in [0.2, 0.25) is 5.91 Å². The molecule has 0 N–H and O–H groups in total. The molecule has 7 heteroatoms. The summed E-state index contributed by atoms with van der Waals surface area (Å²) in [6, 6.07) is 0. The van der Waals surface area contributed by atoms with Crippen LogP contribution in [0.2, 0.25) is 0 Å². The molecule has 22 heavy (non-hydrogen) atoms. The molecule has 0 aliphatic carbocycles. The lowest BCUT2D eigenvalue weighted by molar-refractivity contribution is -0.146. The van der Waals surface area contributed by atoms with Gasteiger partial charge in [-0.25, -0.2) is 4.98 Å². The minimum Gasteiger partial charge on any atom is -0.466 e. The van der Waals surface area contributed by atoms with Gasteiger partial charge in [0.25, 0.3) is 0 Å². The third kappa shape index (κ3) is 5.14. The van der Waals surface area contributed by atoms with Crippen molar-refractivity contribution in [3.05, 3.63) is 18.7 Å². The molecule has 0 aromatic carbocycles. The van der Waals surface area contributed by atoms with Gasteiger partial charge in [-0.3, -0.25) is 14.5 Å². The van der Waals surface area contributed by atoms with E-state index < -0.39 is 0 Å². The molecule has 0 spiro atoms. The predicted molar refractivity (Wildman–Crippen MR) is 81.1 cm³/mol. The van der Waals surface area contributed by atoms with Gasteiger partial charge in [0, 0.05) is 58.1 Å². The summed E-state index contributed by atoms with van der Waals surface area (Å²) in [7, 11) is 0. The van der Waals surface area contributed by atoms with Gasteiger partial charge in [0.05, 0.1) is 19.4 Å². The molecule has 1 aliphatic rings. The van der Waals surface area contributed by atoms with Crippen LogP contribution in [0.25, 0.3) is 0 Å². The lowest BCUT2D eigenvalue weighted by Crippen LogP contribution is -2.49. The van der Waals surface area contributed by atoms with E-state index in [0.717, 1.165) is 39.3 Å². The highest BCUT2D eigenvalue weighted by molar-refractivity contribution is 5.81. The lowest BCUT2D eigenvalue weighted by Gasteiger charge is -2.34. The molecule has 0 radical (unpaired) electrons. The number of rotatable bonds is 7. The summed E-state index contributed by atoms with van der Waals surface area (Å²) in [5.74, 6) is -0.253. The number of esters is 1. The molecule has 1 aromatic rings. The summed E-state index contributed by atoms with van der Waals surface area (Å²) in [6.07, 6.45) is 5.96. The number of amides is 1. The van der Waals surface area contributed by atoms with Crippen molar-refractivity contribution in [1.29, 1.82) is 0 Å². The highest BCUT2D eigenvalue weighted by Crippen LogP contribution is 2.06. The zero-order valence-corrected chi connectivity index (χ0v) is 13.1. The molecule has 122 valence electrons. The number of carbonyl (C=O) groups is 2. The van der Waals surface area contributed by atoms with Crippen LogP contribution in [-0.4, -0.2) is 70.6 Å². The van der Waals surface area contributed by atoms with Gasteiger partial charge in [0.15, 0.2) is 0 Å². The second-order valence-corrected chi connectivity index (χ2v) is 5.33. The second-order valence-electron chi connectivity index (χ2n) is 5.33. The minimum atomic E-state index is -0.296. The van der Waals surface area contributed by atoms with Crippen molar-refractivity contribution in [2.75, 3.05) is 39.3 Å². The smallest absolute Gasteiger partial charge is 0.306 e. The number of nitrogens with zero attached hydrogens (tertiary/aromatic N) is 4. The van der Waals surface area contributed by atoms with Gasteiger partial charge in [-0.1, -0.05) is 0 Å². The highest BCUT2D eigenvalue weighted by atomic mass is 16.5. The Morgan fingerprint density at radius 1 is 1.14 bits per heavy atom. The third-order valence-electron chi connectivity index (χ3n) is 3.81. The Kier molecular flexibility index (Phi) is 6.39. The Balaban J connectivity index is 1.63. The molecule has 0 saturated carbocycles. The molecule has 1 aliphatic heterocycles. The summed E-state index contributed by atoms with van der Waals surface area (Å²) >= 11 is 0. The maximum absolute atomic E-state index is 12.0. The average Bonchev–Trinajstić information content (AvgIpc) is 3.05. The van der Waals surface area contributed by atoms with Crippen molar-refractivity contribution in [3.8, 4) is 0 Å². The van der Waals surface area contributed by atoms with Crippen molar-refractivity contribution < 1.29 is 14.3 Å². The van der Waals surface area contributed by atoms with E-state index in [0.29, 0.717) is 6.61 Å². The van der Waals surface area contributed by atoms with Gasteiger partial charge >= 0.3 is 5.97 Å². The monoisotopic (exact) mass is 308 g/mol. The van der Waals surface area contributed by atoms with Crippen LogP contribution in [0.1, 0.15) is 19.8 Å². The molecule has 7 nitrogen and oxygen atoms in total. The largest absolute Gasteiger partial charge is 0.466 e. The van der Waals surface area contributed by atoms with Crippen molar-refractivity contribution in [3.63, 3.8) is 0 Å². The number of imidazole rings is 1. The maximum atomic E-state index is 12.0. The van der Waals surface area contributed by atoms with Crippen molar-refractivity contribution in [1.82, 2.24) is 19.4 Å². The van der Waals surface area contributed by atoms with Crippen LogP contribution in [0.4, 0.5) is 0 Å². The first-order valence-corrected chi connectivity index (χ1v) is 7.80. The topological polar surface area (TPSA) is 67.7 Å². The van der Waals surface area contributed by atoms with Crippen LogP contribution in [0.3, 0.4) is 0 Å². The van der Waals surface area contributed by atoms with Crippen molar-refractivity contribution >= 4 is 11.9 Å². The van der Waals surface area contributed by atoms with Crippen LogP contribution in [0, 0.1) is 0 Å². The molecule has 2 rings (SSSR count). The standard InChI is InChI=1S/C15H24N4O3/c1-2-22-15(21)4-3-14(20)19-11-9-17(10-12-19)7-8-18-6-5-16-13-18/h5-6,13H,2-4,7-12H2,1H3. The Bertz CT molecular complexity index is 467. The number of aromatic nitrogens is 2. The third-order valence-corrected chi connectivity index (χ3v) is 3.81. The van der Waals surface area contributed by atoms with Crippen molar-refractivity contribution in [2.45, 2.75) is 26.3 Å². The molecule has 1 fully saturated rings. The van der Waals surface area contributed by atoms with Gasteiger partial charge in [0.1, 0.15) is 0 Å². The summed E-state index contributed by atoms with van der Waals surface area (Å²) < 4.78 is 6.89. The van der Waals surface area contributed by atoms with Gasteiger partial charge in [-0.05, 0) is 6.92 Å². The quantitative estimate of drug-likeness (QED) is 0.681. The number of hydrogen-bond acceptors (Lipinski definition) is 5. The molecular formula is C15H24N4O3. The van der Waals surface area contributed by atoms with Crippen molar-refractivity contribution in [2.24, 2.45) is 0 Å². The summed E-state index contributed by atoms with van der Waals surface area (Å²) in [4.78, 5) is 31.5. The number of piperazine rings is 1. The molecule has 1 saturated heterocycles. The molecule has 1 amide bonds. The fraction of sp³-hybridized carbons (Fsp3) is 0.667. The zero-order chi connectivity index (χ0) is 15.8. The number of hydrogen-bond donors (Lipinski definition) is 0. The Labute approximate surface area is 130 Å². The molecule has 0 bridgehead atoms. The normalized spacial score (nSPS) is 15.8. The molecule has 0 unspecified atom stereocenters. The van der Waals surface area contributed by atoms with E-state index in [1.165, 1.54) is 0 Å². The van der Waals surface area contributed by atoms with E-state index in [1.807, 2.05) is 17.4 Å². The number of ether oxygens (including phenoxy) is 1. The fourth-order valence-corrected chi connectivity index (χ4v) is 2.50. The molecular weight excluding hydrogens is 284 g/mol. The second kappa shape index (κ2) is 8.53. The van der Waals surface area contributed by atoms with Crippen LogP contribution in [0.15, 0.2) is 18.7 Å². The SMILES string of the molecule is CCOC(=O)CCC(=O)N1CCN(CCn2ccnc2)CC1. The first-order valence-electron chi connectivity index (χ1n) is 7.80. The molecule has 0 atom stereocenters. The fourth-order valence-electron chi connectivity index (χ4n) is 2.50. The Hall–Kier alpha value is -1.89. The van der Waals surface area contributed by atoms with E-state index in [-0.39, 0.29) is 24.7 Å². The summed E-state index contributed by atoms with van der Waals surface area (Å²) in [5, 5.41) is 0. The zero-order valence-electron chi connectivity index (χ0n) is 13.1. The summed E-state index contributed by atoms with van der Waals surface area (Å²) in [6.45, 7) is 7.21.